The van der Waals surface area contributed by atoms with Gasteiger partial charge in [0.15, 0.2) is 5.54 Å². The lowest BCUT2D eigenvalue weighted by Crippen LogP contribution is -2.58. The van der Waals surface area contributed by atoms with Crippen molar-refractivity contribution in [2.45, 2.75) is 25.0 Å². The zero-order chi connectivity index (χ0) is 23.4. The fourth-order valence-corrected chi connectivity index (χ4v) is 5.26. The average molecular weight is 478 g/mol. The molecule has 0 bridgehead atoms. The molecule has 33 heavy (non-hydrogen) atoms. The van der Waals surface area contributed by atoms with Gasteiger partial charge in [0.25, 0.3) is 5.91 Å². The van der Waals surface area contributed by atoms with Crippen molar-refractivity contribution in [3.8, 4) is 0 Å². The summed E-state index contributed by atoms with van der Waals surface area (Å²) in [5, 5.41) is 0.817. The van der Waals surface area contributed by atoms with Crippen LogP contribution < -0.4 is 10.6 Å². The minimum atomic E-state index is -1.25. The van der Waals surface area contributed by atoms with E-state index < -0.39 is 11.2 Å². The number of benzene rings is 3. The van der Waals surface area contributed by atoms with E-state index in [1.807, 2.05) is 79.4 Å². The third-order valence-electron chi connectivity index (χ3n) is 5.89. The number of nitrogens with zero attached hydrogens (tertiary/aromatic N) is 4. The van der Waals surface area contributed by atoms with Crippen LogP contribution >= 0.6 is 23.2 Å². The number of halogens is 2. The van der Waals surface area contributed by atoms with Crippen LogP contribution in [0.3, 0.4) is 0 Å². The monoisotopic (exact) mass is 477 g/mol. The first-order chi connectivity index (χ1) is 15.7. The molecule has 2 N–H and O–H groups in total. The second-order valence-corrected chi connectivity index (χ2v) is 9.30. The Labute approximate surface area is 202 Å². The molecule has 0 atom stereocenters. The second-order valence-electron chi connectivity index (χ2n) is 8.42. The van der Waals surface area contributed by atoms with Crippen LogP contribution in [-0.2, 0) is 10.3 Å². The van der Waals surface area contributed by atoms with E-state index in [4.69, 9.17) is 28.9 Å². The molecule has 0 aromatic heterocycles. The Morgan fingerprint density at radius 3 is 1.88 bits per heavy atom. The number of fused-ring (bicyclic) bond motifs is 1. The molecule has 1 fully saturated rings. The third kappa shape index (κ3) is 3.21. The third-order valence-corrected chi connectivity index (χ3v) is 6.32. The largest absolute Gasteiger partial charge is 0.368 e. The van der Waals surface area contributed by atoms with E-state index in [0.29, 0.717) is 21.7 Å². The second kappa shape index (κ2) is 7.61. The fourth-order valence-electron chi connectivity index (χ4n) is 4.74. The van der Waals surface area contributed by atoms with Gasteiger partial charge in [-0.1, -0.05) is 83.9 Å². The molecule has 2 aliphatic heterocycles. The van der Waals surface area contributed by atoms with Crippen LogP contribution in [0, 0.1) is 0 Å². The zero-order valence-electron chi connectivity index (χ0n) is 18.0. The molecule has 6 nitrogen and oxygen atoms in total. The molecule has 1 amide bonds. The van der Waals surface area contributed by atoms with E-state index in [9.17, 15) is 4.79 Å². The van der Waals surface area contributed by atoms with Crippen molar-refractivity contribution >= 4 is 46.7 Å². The standard InChI is InChI=1S/C25H21Cl2N5O/c1-24(2)30-22(28)29-23-31(20-14-18(26)13-19(27)15-20)21(33)25(32(23)24,16-9-5-3-6-10-16)17-11-7-4-8-12-17/h3-15H,1-2H3,(H2,28,30). The summed E-state index contributed by atoms with van der Waals surface area (Å²) in [4.78, 5) is 27.2. The van der Waals surface area contributed by atoms with Gasteiger partial charge in [0.2, 0.25) is 11.9 Å². The fraction of sp³-hybridized carbons (Fsp3) is 0.160. The van der Waals surface area contributed by atoms with Gasteiger partial charge in [-0.05, 0) is 43.2 Å². The molecule has 3 aromatic carbocycles. The predicted molar refractivity (Wildman–Crippen MR) is 133 cm³/mol. The molecule has 2 aliphatic rings. The van der Waals surface area contributed by atoms with Crippen molar-refractivity contribution in [3.63, 3.8) is 0 Å². The summed E-state index contributed by atoms with van der Waals surface area (Å²) in [6.07, 6.45) is 0. The predicted octanol–water partition coefficient (Wildman–Crippen LogP) is 5.01. The lowest BCUT2D eigenvalue weighted by Gasteiger charge is -2.46. The first kappa shape index (κ1) is 21.5. The van der Waals surface area contributed by atoms with Gasteiger partial charge >= 0.3 is 0 Å². The van der Waals surface area contributed by atoms with E-state index in [1.165, 1.54) is 4.90 Å². The van der Waals surface area contributed by atoms with Gasteiger partial charge in [-0.25, -0.2) is 9.89 Å². The molecule has 0 unspecified atom stereocenters. The van der Waals surface area contributed by atoms with Crippen molar-refractivity contribution in [2.24, 2.45) is 15.7 Å². The highest BCUT2D eigenvalue weighted by atomic mass is 35.5. The maximum Gasteiger partial charge on any atom is 0.269 e. The number of rotatable bonds is 3. The molecule has 166 valence electrons. The summed E-state index contributed by atoms with van der Waals surface area (Å²) in [5.74, 6) is 0.229. The molecule has 5 rings (SSSR count). The smallest absolute Gasteiger partial charge is 0.269 e. The highest BCUT2D eigenvalue weighted by molar-refractivity contribution is 6.36. The topological polar surface area (TPSA) is 74.3 Å². The molecular weight excluding hydrogens is 457 g/mol. The van der Waals surface area contributed by atoms with Gasteiger partial charge in [0.1, 0.15) is 5.66 Å². The number of carbonyl (C=O) groups excluding carboxylic acids is 1. The van der Waals surface area contributed by atoms with Gasteiger partial charge in [-0.2, -0.15) is 4.99 Å². The van der Waals surface area contributed by atoms with E-state index in [0.717, 1.165) is 11.1 Å². The van der Waals surface area contributed by atoms with Crippen LogP contribution in [0.4, 0.5) is 5.69 Å². The number of aliphatic imine (C=N–C) groups is 2. The summed E-state index contributed by atoms with van der Waals surface area (Å²) in [6, 6.07) is 24.2. The average Bonchev–Trinajstić information content (AvgIpc) is 3.03. The Morgan fingerprint density at radius 2 is 1.36 bits per heavy atom. The Morgan fingerprint density at radius 1 is 0.848 bits per heavy atom. The molecule has 0 aliphatic carbocycles. The van der Waals surface area contributed by atoms with Gasteiger partial charge < -0.3 is 5.73 Å². The number of hydrogen-bond acceptors (Lipinski definition) is 5. The Balaban J connectivity index is 1.88. The van der Waals surface area contributed by atoms with Crippen LogP contribution in [0.5, 0.6) is 0 Å². The number of hydrogen-bond donors (Lipinski definition) is 1. The normalized spacial score (nSPS) is 18.6. The molecule has 0 spiro atoms. The maximum absolute atomic E-state index is 14.6. The van der Waals surface area contributed by atoms with Gasteiger partial charge in [0, 0.05) is 10.0 Å². The summed E-state index contributed by atoms with van der Waals surface area (Å²) in [7, 11) is 0. The molecule has 3 aromatic rings. The summed E-state index contributed by atoms with van der Waals surface area (Å²) in [6.45, 7) is 3.83. The summed E-state index contributed by atoms with van der Waals surface area (Å²) < 4.78 is 0. The van der Waals surface area contributed by atoms with Crippen LogP contribution in [0.2, 0.25) is 10.0 Å². The van der Waals surface area contributed by atoms with E-state index >= 15 is 0 Å². The molecular formula is C25H21Cl2N5O. The molecule has 0 saturated carbocycles. The molecule has 1 saturated heterocycles. The molecule has 0 radical (unpaired) electrons. The van der Waals surface area contributed by atoms with Crippen molar-refractivity contribution < 1.29 is 4.79 Å². The number of guanidine groups is 2. The number of anilines is 1. The number of nitrogens with two attached hydrogens (primary N) is 1. The molecule has 2 heterocycles. The van der Waals surface area contributed by atoms with Crippen molar-refractivity contribution in [1.29, 1.82) is 0 Å². The minimum absolute atomic E-state index is 0.0918. The van der Waals surface area contributed by atoms with E-state index in [-0.39, 0.29) is 11.9 Å². The van der Waals surface area contributed by atoms with Crippen molar-refractivity contribution in [1.82, 2.24) is 4.90 Å². The Kier molecular flexibility index (Phi) is 4.96. The van der Waals surface area contributed by atoms with Gasteiger partial charge in [-0.3, -0.25) is 9.69 Å². The lowest BCUT2D eigenvalue weighted by atomic mass is 9.80. The highest BCUT2D eigenvalue weighted by Crippen LogP contribution is 2.49. The van der Waals surface area contributed by atoms with Crippen molar-refractivity contribution in [3.05, 3.63) is 100 Å². The number of amides is 1. The van der Waals surface area contributed by atoms with Crippen molar-refractivity contribution in [2.75, 3.05) is 4.90 Å². The minimum Gasteiger partial charge on any atom is -0.368 e. The van der Waals surface area contributed by atoms with Crippen LogP contribution in [-0.4, -0.2) is 28.4 Å². The van der Waals surface area contributed by atoms with Crippen LogP contribution in [0.25, 0.3) is 0 Å². The van der Waals surface area contributed by atoms with E-state index in [1.54, 1.807) is 18.2 Å². The maximum atomic E-state index is 14.6. The first-order valence-corrected chi connectivity index (χ1v) is 11.2. The first-order valence-electron chi connectivity index (χ1n) is 10.4. The Hall–Kier alpha value is -3.35. The summed E-state index contributed by atoms with van der Waals surface area (Å²) >= 11 is 12.6. The summed E-state index contributed by atoms with van der Waals surface area (Å²) in [5.41, 5.74) is 6.06. The molecule has 8 heteroatoms. The highest BCUT2D eigenvalue weighted by Gasteiger charge is 2.63. The Bertz CT molecular complexity index is 1250. The SMILES string of the molecule is CC1(C)N=C(N)N=C2N(c3cc(Cl)cc(Cl)c3)C(=O)C(c3ccccc3)(c3ccccc3)N21. The number of carbonyl (C=O) groups is 1. The van der Waals surface area contributed by atoms with Gasteiger partial charge in [-0.15, -0.1) is 0 Å². The van der Waals surface area contributed by atoms with Gasteiger partial charge in [0.05, 0.1) is 5.69 Å². The lowest BCUT2D eigenvalue weighted by molar-refractivity contribution is -0.125. The van der Waals surface area contributed by atoms with Crippen LogP contribution in [0.1, 0.15) is 25.0 Å². The zero-order valence-corrected chi connectivity index (χ0v) is 19.5. The quantitative estimate of drug-likeness (QED) is 0.576. The van der Waals surface area contributed by atoms with E-state index in [2.05, 4.69) is 9.98 Å². The van der Waals surface area contributed by atoms with Crippen LogP contribution in [0.15, 0.2) is 88.8 Å².